The minimum Gasteiger partial charge on any atom is -0.467 e. The highest BCUT2D eigenvalue weighted by atomic mass is 16.5. The van der Waals surface area contributed by atoms with E-state index in [-0.39, 0.29) is 29.1 Å². The average molecular weight is 382 g/mol. The maximum Gasteiger partial charge on any atom is 0.328 e. The van der Waals surface area contributed by atoms with Gasteiger partial charge in [-0.05, 0) is 37.5 Å². The number of amides is 3. The second-order valence-corrected chi connectivity index (χ2v) is 10.6. The third-order valence-corrected chi connectivity index (χ3v) is 5.81. The molecule has 0 unspecified atom stereocenters. The predicted octanol–water partition coefficient (Wildman–Crippen LogP) is 2.15. The molecule has 4 atom stereocenters. The molecule has 0 bridgehead atoms. The van der Waals surface area contributed by atoms with Crippen LogP contribution < -0.4 is 10.6 Å². The van der Waals surface area contributed by atoms with Gasteiger partial charge in [-0.25, -0.2) is 9.59 Å². The van der Waals surface area contributed by atoms with E-state index >= 15 is 0 Å². The molecule has 154 valence electrons. The first-order valence-electron chi connectivity index (χ1n) is 9.58. The van der Waals surface area contributed by atoms with Gasteiger partial charge in [0.05, 0.1) is 7.11 Å². The Kier molecular flexibility index (Phi) is 5.32. The third-order valence-electron chi connectivity index (χ3n) is 5.81. The Balaban J connectivity index is 2.23. The molecule has 27 heavy (non-hydrogen) atoms. The van der Waals surface area contributed by atoms with Gasteiger partial charge in [0.2, 0.25) is 5.91 Å². The van der Waals surface area contributed by atoms with Crippen molar-refractivity contribution in [3.05, 3.63) is 0 Å². The van der Waals surface area contributed by atoms with Gasteiger partial charge >= 0.3 is 12.0 Å². The van der Waals surface area contributed by atoms with E-state index in [1.165, 1.54) is 7.11 Å². The number of hydrogen-bond acceptors (Lipinski definition) is 4. The third kappa shape index (κ3) is 4.22. The topological polar surface area (TPSA) is 87.7 Å². The van der Waals surface area contributed by atoms with Crippen LogP contribution in [0.1, 0.15) is 55.4 Å². The molecule has 7 heteroatoms. The molecule has 2 rings (SSSR count). The molecule has 1 aliphatic carbocycles. The molecule has 1 saturated heterocycles. The highest BCUT2D eigenvalue weighted by Crippen LogP contribution is 2.65. The molecular formula is C20H35N3O4. The molecule has 3 amide bonds. The number of piperidine rings is 1. The Hall–Kier alpha value is -1.79. The van der Waals surface area contributed by atoms with Crippen molar-refractivity contribution >= 4 is 17.9 Å². The predicted molar refractivity (Wildman–Crippen MR) is 103 cm³/mol. The summed E-state index contributed by atoms with van der Waals surface area (Å²) in [7, 11) is 1.35. The Morgan fingerprint density at radius 3 is 2.11 bits per heavy atom. The van der Waals surface area contributed by atoms with E-state index in [1.807, 2.05) is 41.5 Å². The number of methoxy groups -OCH3 is 1. The molecular weight excluding hydrogens is 346 g/mol. The fraction of sp³-hybridized carbons (Fsp3) is 0.850. The number of carbonyl (C=O) groups excluding carboxylic acids is 3. The van der Waals surface area contributed by atoms with Crippen molar-refractivity contribution in [3.8, 4) is 0 Å². The number of likely N-dealkylation sites (tertiary alicyclic amines) is 1. The average Bonchev–Trinajstić information content (AvgIpc) is 2.85. The standard InChI is InChI=1S/C20H35N3O4/c1-18(2,3)14(21-17(26)22-19(4,5)6)15(24)23-10-11-12(20(11,7)8)13(23)16(25)27-9/h11-14H,10H2,1-9H3,(H2,21,22,26)/t11-,12-,13-,14+/m0/s1. The van der Waals surface area contributed by atoms with Crippen molar-refractivity contribution in [1.29, 1.82) is 0 Å². The van der Waals surface area contributed by atoms with Gasteiger partial charge in [0.25, 0.3) is 0 Å². The molecule has 2 aliphatic rings. The summed E-state index contributed by atoms with van der Waals surface area (Å²) in [5.41, 5.74) is -0.886. The van der Waals surface area contributed by atoms with Crippen LogP contribution in [-0.4, -0.2) is 54.1 Å². The smallest absolute Gasteiger partial charge is 0.328 e. The first kappa shape index (κ1) is 21.5. The van der Waals surface area contributed by atoms with Gasteiger partial charge in [-0.1, -0.05) is 34.6 Å². The van der Waals surface area contributed by atoms with Crippen LogP contribution in [0.2, 0.25) is 0 Å². The number of nitrogens with one attached hydrogen (secondary N) is 2. The van der Waals surface area contributed by atoms with E-state index in [0.29, 0.717) is 6.54 Å². The minimum atomic E-state index is -0.743. The number of ether oxygens (including phenoxy) is 1. The van der Waals surface area contributed by atoms with Gasteiger partial charge in [-0.2, -0.15) is 0 Å². The van der Waals surface area contributed by atoms with Crippen LogP contribution in [0.3, 0.4) is 0 Å². The molecule has 0 radical (unpaired) electrons. The Bertz CT molecular complexity index is 630. The van der Waals surface area contributed by atoms with Crippen molar-refractivity contribution in [2.75, 3.05) is 13.7 Å². The zero-order chi connectivity index (χ0) is 20.9. The fourth-order valence-corrected chi connectivity index (χ4v) is 4.23. The van der Waals surface area contributed by atoms with Crippen LogP contribution in [0.25, 0.3) is 0 Å². The summed E-state index contributed by atoms with van der Waals surface area (Å²) in [6.07, 6.45) is 0. The molecule has 1 heterocycles. The Labute approximate surface area is 162 Å². The van der Waals surface area contributed by atoms with Gasteiger partial charge in [0.15, 0.2) is 0 Å². The number of nitrogens with zero attached hydrogens (tertiary/aromatic N) is 1. The molecule has 7 nitrogen and oxygen atoms in total. The van der Waals surface area contributed by atoms with E-state index in [0.717, 1.165) is 0 Å². The summed E-state index contributed by atoms with van der Waals surface area (Å²) < 4.78 is 4.98. The molecule has 0 aromatic carbocycles. The van der Waals surface area contributed by atoms with Crippen LogP contribution in [0.15, 0.2) is 0 Å². The second kappa shape index (κ2) is 6.67. The van der Waals surface area contributed by atoms with Gasteiger partial charge in [-0.3, -0.25) is 4.79 Å². The van der Waals surface area contributed by atoms with E-state index in [9.17, 15) is 14.4 Å². The minimum absolute atomic E-state index is 0.0317. The van der Waals surface area contributed by atoms with Gasteiger partial charge in [0, 0.05) is 18.0 Å². The fourth-order valence-electron chi connectivity index (χ4n) is 4.23. The number of hydrogen-bond donors (Lipinski definition) is 2. The molecule has 1 aliphatic heterocycles. The maximum absolute atomic E-state index is 13.4. The summed E-state index contributed by atoms with van der Waals surface area (Å²) >= 11 is 0. The summed E-state index contributed by atoms with van der Waals surface area (Å²) in [6, 6.07) is -1.72. The lowest BCUT2D eigenvalue weighted by Gasteiger charge is -2.37. The van der Waals surface area contributed by atoms with Crippen LogP contribution in [0.5, 0.6) is 0 Å². The number of rotatable bonds is 3. The lowest BCUT2D eigenvalue weighted by Crippen LogP contribution is -2.60. The van der Waals surface area contributed by atoms with E-state index in [4.69, 9.17) is 4.74 Å². The maximum atomic E-state index is 13.4. The monoisotopic (exact) mass is 381 g/mol. The van der Waals surface area contributed by atoms with Crippen molar-refractivity contribution in [3.63, 3.8) is 0 Å². The lowest BCUT2D eigenvalue weighted by atomic mass is 9.85. The first-order chi connectivity index (χ1) is 12.1. The van der Waals surface area contributed by atoms with Crippen molar-refractivity contribution in [2.24, 2.45) is 22.7 Å². The first-order valence-corrected chi connectivity index (χ1v) is 9.58. The lowest BCUT2D eigenvalue weighted by molar-refractivity contribution is -0.154. The SMILES string of the molecule is COC(=O)[C@@H]1[C@@H]2[C@H](CN1C(=O)[C@@H](NC(=O)NC(C)(C)C)C(C)(C)C)C2(C)C. The Morgan fingerprint density at radius 1 is 1.11 bits per heavy atom. The van der Waals surface area contributed by atoms with E-state index in [1.54, 1.807) is 4.90 Å². The number of carbonyl (C=O) groups is 3. The van der Waals surface area contributed by atoms with E-state index < -0.39 is 29.1 Å². The summed E-state index contributed by atoms with van der Waals surface area (Å²) in [6.45, 7) is 16.1. The van der Waals surface area contributed by atoms with Crippen molar-refractivity contribution in [1.82, 2.24) is 15.5 Å². The summed E-state index contributed by atoms with van der Waals surface area (Å²) in [5.74, 6) is -0.217. The van der Waals surface area contributed by atoms with Crippen molar-refractivity contribution in [2.45, 2.75) is 73.0 Å². The Morgan fingerprint density at radius 2 is 1.67 bits per heavy atom. The molecule has 1 saturated carbocycles. The van der Waals surface area contributed by atoms with E-state index in [2.05, 4.69) is 24.5 Å². The van der Waals surface area contributed by atoms with Crippen LogP contribution in [0.4, 0.5) is 4.79 Å². The summed E-state index contributed by atoms with van der Waals surface area (Å²) in [4.78, 5) is 39.8. The molecule has 2 N–H and O–H groups in total. The quantitative estimate of drug-likeness (QED) is 0.733. The van der Waals surface area contributed by atoms with Crippen LogP contribution in [-0.2, 0) is 14.3 Å². The number of esters is 1. The molecule has 0 aromatic heterocycles. The second-order valence-electron chi connectivity index (χ2n) is 10.6. The van der Waals surface area contributed by atoms with Gasteiger partial charge in [0.1, 0.15) is 12.1 Å². The van der Waals surface area contributed by atoms with Crippen molar-refractivity contribution < 1.29 is 19.1 Å². The normalized spacial score (nSPS) is 27.4. The zero-order valence-electron chi connectivity index (χ0n) is 18.1. The molecule has 0 aromatic rings. The highest BCUT2D eigenvalue weighted by Gasteiger charge is 2.70. The number of fused-ring (bicyclic) bond motifs is 1. The number of urea groups is 1. The van der Waals surface area contributed by atoms with Crippen LogP contribution >= 0.6 is 0 Å². The largest absolute Gasteiger partial charge is 0.467 e. The molecule has 0 spiro atoms. The zero-order valence-corrected chi connectivity index (χ0v) is 18.1. The molecule has 2 fully saturated rings. The van der Waals surface area contributed by atoms with Crippen LogP contribution in [0, 0.1) is 22.7 Å². The summed E-state index contributed by atoms with van der Waals surface area (Å²) in [5, 5.41) is 5.66. The van der Waals surface area contributed by atoms with Gasteiger partial charge < -0.3 is 20.3 Å². The highest BCUT2D eigenvalue weighted by molar-refractivity contribution is 5.92. The van der Waals surface area contributed by atoms with Gasteiger partial charge in [-0.15, -0.1) is 0 Å².